The van der Waals surface area contributed by atoms with E-state index in [1.807, 2.05) is 32.0 Å². The van der Waals surface area contributed by atoms with Crippen LogP contribution >= 0.6 is 7.14 Å². The highest BCUT2D eigenvalue weighted by atomic mass is 31.2. The smallest absolute Gasteiger partial charge is 0.171 e. The van der Waals surface area contributed by atoms with Crippen LogP contribution in [0.3, 0.4) is 0 Å². The van der Waals surface area contributed by atoms with E-state index in [0.29, 0.717) is 27.9 Å². The predicted octanol–water partition coefficient (Wildman–Crippen LogP) is 4.56. The summed E-state index contributed by atoms with van der Waals surface area (Å²) in [6, 6.07) is 14.3. The molecule has 1 unspecified atom stereocenters. The second-order valence-electron chi connectivity index (χ2n) is 7.50. The fraction of sp³-hybridized carbons (Fsp3) is 0.280. The lowest BCUT2D eigenvalue weighted by atomic mass is 10.1. The molecule has 1 atom stereocenters. The second-order valence-corrected chi connectivity index (χ2v) is 10.3. The lowest BCUT2D eigenvalue weighted by molar-refractivity contribution is 0.368. The Hall–Kier alpha value is -3.11. The summed E-state index contributed by atoms with van der Waals surface area (Å²) in [7, 11) is 2.54. The Kier molecular flexibility index (Phi) is 7.05. The zero-order valence-electron chi connectivity index (χ0n) is 19.3. The maximum absolute atomic E-state index is 15.2. The van der Waals surface area contributed by atoms with Crippen LogP contribution in [0, 0.1) is 13.8 Å². The lowest BCUT2D eigenvalue weighted by Crippen LogP contribution is -2.22. The van der Waals surface area contributed by atoms with Crippen LogP contribution in [-0.4, -0.2) is 33.5 Å². The highest BCUT2D eigenvalue weighted by Crippen LogP contribution is 2.54. The molecule has 0 saturated heterocycles. The number of benzene rings is 3. The molecule has 0 fully saturated rings. The number of methoxy groups -OCH3 is 4. The SMILES string of the molecule is COc1ccc(OC)c(P(=O)(Cc2c(C)cccc2C)c2cc(OC)cc(O)c2OC)c1. The van der Waals surface area contributed by atoms with Gasteiger partial charge in [-0.15, -0.1) is 0 Å². The summed E-state index contributed by atoms with van der Waals surface area (Å²) in [5.41, 5.74) is 3.02. The van der Waals surface area contributed by atoms with Gasteiger partial charge in [0.15, 0.2) is 18.6 Å². The third-order valence-electron chi connectivity index (χ3n) is 5.65. The Morgan fingerprint density at radius 1 is 0.781 bits per heavy atom. The number of hydrogen-bond donors (Lipinski definition) is 1. The number of ether oxygens (including phenoxy) is 4. The number of phenolic OH excluding ortho intramolecular Hbond substituents is 1. The maximum Gasteiger partial charge on any atom is 0.171 e. The quantitative estimate of drug-likeness (QED) is 0.501. The molecule has 0 amide bonds. The molecule has 0 aliphatic carbocycles. The third kappa shape index (κ3) is 4.28. The fourth-order valence-corrected chi connectivity index (χ4v) is 7.14. The van der Waals surface area contributed by atoms with Gasteiger partial charge in [-0.3, -0.25) is 0 Å². The molecular weight excluding hydrogens is 427 g/mol. The van der Waals surface area contributed by atoms with Crippen molar-refractivity contribution >= 4 is 17.8 Å². The van der Waals surface area contributed by atoms with E-state index in [0.717, 1.165) is 16.7 Å². The van der Waals surface area contributed by atoms with Gasteiger partial charge in [-0.1, -0.05) is 18.2 Å². The van der Waals surface area contributed by atoms with Crippen molar-refractivity contribution in [3.8, 4) is 28.7 Å². The molecule has 0 spiro atoms. The highest BCUT2D eigenvalue weighted by molar-refractivity contribution is 7.78. The zero-order valence-corrected chi connectivity index (χ0v) is 20.2. The molecule has 1 N–H and O–H groups in total. The predicted molar refractivity (Wildman–Crippen MR) is 127 cm³/mol. The monoisotopic (exact) mass is 456 g/mol. The van der Waals surface area contributed by atoms with Gasteiger partial charge in [-0.25, -0.2) is 0 Å². The van der Waals surface area contributed by atoms with Crippen LogP contribution in [0.4, 0.5) is 0 Å². The van der Waals surface area contributed by atoms with E-state index >= 15 is 4.57 Å². The van der Waals surface area contributed by atoms with Gasteiger partial charge in [0.25, 0.3) is 0 Å². The third-order valence-corrected chi connectivity index (χ3v) is 8.65. The fourth-order valence-electron chi connectivity index (χ4n) is 3.87. The average Bonchev–Trinajstić information content (AvgIpc) is 2.80. The van der Waals surface area contributed by atoms with Gasteiger partial charge in [0, 0.05) is 12.2 Å². The van der Waals surface area contributed by atoms with Crippen molar-refractivity contribution in [1.29, 1.82) is 0 Å². The van der Waals surface area contributed by atoms with Gasteiger partial charge in [0.1, 0.15) is 17.2 Å². The van der Waals surface area contributed by atoms with E-state index in [1.54, 1.807) is 31.4 Å². The molecule has 3 aromatic carbocycles. The van der Waals surface area contributed by atoms with Gasteiger partial charge in [-0.2, -0.15) is 0 Å². The van der Waals surface area contributed by atoms with Crippen molar-refractivity contribution in [2.75, 3.05) is 28.4 Å². The van der Waals surface area contributed by atoms with Crippen LogP contribution in [0.25, 0.3) is 0 Å². The van der Waals surface area contributed by atoms with Gasteiger partial charge in [0.05, 0.1) is 39.0 Å². The second kappa shape index (κ2) is 9.58. The molecule has 0 radical (unpaired) electrons. The Morgan fingerprint density at radius 2 is 1.41 bits per heavy atom. The number of aromatic hydroxyl groups is 1. The van der Waals surface area contributed by atoms with Crippen molar-refractivity contribution in [2.24, 2.45) is 0 Å². The first-order chi connectivity index (χ1) is 15.3. The summed E-state index contributed by atoms with van der Waals surface area (Å²) in [6.07, 6.45) is 0.206. The summed E-state index contributed by atoms with van der Waals surface area (Å²) in [5.74, 6) is 1.39. The molecule has 3 aromatic rings. The number of hydrogen-bond acceptors (Lipinski definition) is 6. The minimum atomic E-state index is -3.49. The molecule has 3 rings (SSSR count). The van der Waals surface area contributed by atoms with E-state index in [4.69, 9.17) is 18.9 Å². The largest absolute Gasteiger partial charge is 0.504 e. The Morgan fingerprint density at radius 3 is 1.97 bits per heavy atom. The zero-order chi connectivity index (χ0) is 23.5. The Labute approximate surface area is 189 Å². The highest BCUT2D eigenvalue weighted by Gasteiger charge is 2.36. The standard InChI is InChI=1S/C25H29O6P/c1-16-8-7-9-17(2)20(16)15-32(27,23-13-18(28-3)10-11-22(23)30-5)24-14-19(29-4)12-21(26)25(24)31-6/h7-14,26H,15H2,1-6H3. The van der Waals surface area contributed by atoms with E-state index < -0.39 is 7.14 Å². The van der Waals surface area contributed by atoms with E-state index in [1.165, 1.54) is 27.4 Å². The summed E-state index contributed by atoms with van der Waals surface area (Å²) in [4.78, 5) is 0. The minimum Gasteiger partial charge on any atom is -0.504 e. The molecule has 6 nitrogen and oxygen atoms in total. The molecule has 0 bridgehead atoms. The average molecular weight is 456 g/mol. The normalized spacial score (nSPS) is 12.7. The molecule has 0 saturated carbocycles. The maximum atomic E-state index is 15.2. The molecule has 0 aliphatic rings. The van der Waals surface area contributed by atoms with Crippen LogP contribution in [0.15, 0.2) is 48.5 Å². The van der Waals surface area contributed by atoms with Crippen LogP contribution < -0.4 is 29.6 Å². The van der Waals surface area contributed by atoms with Crippen molar-refractivity contribution in [2.45, 2.75) is 20.0 Å². The topological polar surface area (TPSA) is 74.2 Å². The first kappa shape index (κ1) is 23.6. The van der Waals surface area contributed by atoms with Crippen LogP contribution in [0.5, 0.6) is 28.7 Å². The van der Waals surface area contributed by atoms with Crippen molar-refractivity contribution in [3.63, 3.8) is 0 Å². The van der Waals surface area contributed by atoms with E-state index in [-0.39, 0.29) is 17.7 Å². The van der Waals surface area contributed by atoms with E-state index in [9.17, 15) is 5.11 Å². The molecule has 170 valence electrons. The summed E-state index contributed by atoms with van der Waals surface area (Å²) in [5, 5.41) is 11.5. The number of rotatable bonds is 8. The first-order valence-corrected chi connectivity index (χ1v) is 12.0. The van der Waals surface area contributed by atoms with Gasteiger partial charge >= 0.3 is 0 Å². The Balaban J connectivity index is 2.41. The van der Waals surface area contributed by atoms with Gasteiger partial charge in [-0.05, 0) is 54.8 Å². The van der Waals surface area contributed by atoms with Crippen molar-refractivity contribution in [1.82, 2.24) is 0 Å². The summed E-state index contributed by atoms with van der Waals surface area (Å²) < 4.78 is 37.1. The van der Waals surface area contributed by atoms with Gasteiger partial charge in [0.2, 0.25) is 0 Å². The minimum absolute atomic E-state index is 0.144. The molecule has 0 aromatic heterocycles. The summed E-state index contributed by atoms with van der Waals surface area (Å²) in [6.45, 7) is 3.99. The van der Waals surface area contributed by atoms with Crippen LogP contribution in [-0.2, 0) is 10.7 Å². The van der Waals surface area contributed by atoms with E-state index in [2.05, 4.69) is 0 Å². The van der Waals surface area contributed by atoms with Crippen LogP contribution in [0.1, 0.15) is 16.7 Å². The Bertz CT molecular complexity index is 1150. The van der Waals surface area contributed by atoms with Crippen molar-refractivity contribution < 1.29 is 28.6 Å². The first-order valence-electron chi connectivity index (χ1n) is 10.1. The van der Waals surface area contributed by atoms with Gasteiger partial charge < -0.3 is 28.6 Å². The molecule has 7 heteroatoms. The van der Waals surface area contributed by atoms with Crippen molar-refractivity contribution in [3.05, 3.63) is 65.2 Å². The molecule has 0 aliphatic heterocycles. The molecule has 0 heterocycles. The molecule has 32 heavy (non-hydrogen) atoms. The summed E-state index contributed by atoms with van der Waals surface area (Å²) >= 11 is 0. The molecular formula is C25H29O6P. The number of phenols is 1. The number of aryl methyl sites for hydroxylation is 2. The lowest BCUT2D eigenvalue weighted by Gasteiger charge is -2.26. The van der Waals surface area contributed by atoms with Crippen LogP contribution in [0.2, 0.25) is 0 Å².